The molecule has 2 aliphatic rings. The maximum absolute atomic E-state index is 2.53. The smallest absolute Gasteiger partial charge is 0.0325 e. The van der Waals surface area contributed by atoms with Gasteiger partial charge in [-0.25, -0.2) is 3.11 Å². The number of halogens is 1. The first kappa shape index (κ1) is 7.31. The molecule has 2 fully saturated rings. The first-order valence-corrected chi connectivity index (χ1v) is 4.86. The molecular weight excluding hydrogens is 239 g/mol. The van der Waals surface area contributed by atoms with Crippen molar-refractivity contribution in [2.75, 3.05) is 20.1 Å². The highest BCUT2D eigenvalue weighted by Crippen LogP contribution is 2.32. The molecule has 58 valence electrons. The summed E-state index contributed by atoms with van der Waals surface area (Å²) in [5, 5.41) is 0. The molecule has 3 heteroatoms. The van der Waals surface area contributed by atoms with Gasteiger partial charge in [-0.2, -0.15) is 0 Å². The summed E-state index contributed by atoms with van der Waals surface area (Å²) in [6, 6.07) is 1.70. The Labute approximate surface area is 76.1 Å². The molecule has 0 aliphatic carbocycles. The van der Waals surface area contributed by atoms with Crippen molar-refractivity contribution < 1.29 is 0 Å². The van der Waals surface area contributed by atoms with Gasteiger partial charge in [0, 0.05) is 48.0 Å². The standard InChI is InChI=1S/C7H13IN2/c1-9-4-6-2-3-7(5-9)10(6)8/h6-7H,2-5H2,1H3. The summed E-state index contributed by atoms with van der Waals surface area (Å²) in [7, 11) is 2.23. The molecule has 2 unspecified atom stereocenters. The quantitative estimate of drug-likeness (QED) is 0.471. The molecule has 0 radical (unpaired) electrons. The molecule has 0 spiro atoms. The lowest BCUT2D eigenvalue weighted by Crippen LogP contribution is -2.47. The molecular formula is C7H13IN2. The number of piperazine rings is 1. The Bertz CT molecular complexity index is 126. The first-order chi connectivity index (χ1) is 4.77. The summed E-state index contributed by atoms with van der Waals surface area (Å²) in [6.45, 7) is 2.55. The van der Waals surface area contributed by atoms with Crippen LogP contribution in [0.2, 0.25) is 0 Å². The van der Waals surface area contributed by atoms with Gasteiger partial charge < -0.3 is 4.90 Å². The molecule has 2 aliphatic heterocycles. The average molecular weight is 252 g/mol. The number of likely N-dealkylation sites (N-methyl/N-ethyl adjacent to an activating group) is 1. The zero-order chi connectivity index (χ0) is 7.14. The third-order valence-corrected chi connectivity index (χ3v) is 4.15. The van der Waals surface area contributed by atoms with Gasteiger partial charge in [0.2, 0.25) is 0 Å². The van der Waals surface area contributed by atoms with E-state index in [1.54, 1.807) is 0 Å². The fourth-order valence-corrected chi connectivity index (χ4v) is 2.97. The van der Waals surface area contributed by atoms with Crippen LogP contribution in [-0.4, -0.2) is 40.2 Å². The Morgan fingerprint density at radius 3 is 2.20 bits per heavy atom. The lowest BCUT2D eigenvalue weighted by Gasteiger charge is -2.35. The summed E-state index contributed by atoms with van der Waals surface area (Å²) in [4.78, 5) is 2.46. The summed E-state index contributed by atoms with van der Waals surface area (Å²) < 4.78 is 2.53. The van der Waals surface area contributed by atoms with E-state index in [1.165, 1.54) is 25.9 Å². The van der Waals surface area contributed by atoms with Crippen molar-refractivity contribution in [2.45, 2.75) is 24.9 Å². The highest BCUT2D eigenvalue weighted by Gasteiger charge is 2.37. The molecule has 2 atom stereocenters. The molecule has 2 bridgehead atoms. The van der Waals surface area contributed by atoms with Crippen LogP contribution < -0.4 is 0 Å². The van der Waals surface area contributed by atoms with Crippen LogP contribution >= 0.6 is 22.9 Å². The molecule has 2 saturated heterocycles. The fraction of sp³-hybridized carbons (Fsp3) is 1.00. The highest BCUT2D eigenvalue weighted by atomic mass is 127. The predicted molar refractivity (Wildman–Crippen MR) is 50.2 cm³/mol. The molecule has 10 heavy (non-hydrogen) atoms. The van der Waals surface area contributed by atoms with E-state index < -0.39 is 0 Å². The Hall–Kier alpha value is 0.650. The van der Waals surface area contributed by atoms with Crippen LogP contribution in [0.4, 0.5) is 0 Å². The Kier molecular flexibility index (Phi) is 1.90. The van der Waals surface area contributed by atoms with E-state index in [1.807, 2.05) is 0 Å². The van der Waals surface area contributed by atoms with Crippen LogP contribution in [-0.2, 0) is 0 Å². The van der Waals surface area contributed by atoms with Crippen molar-refractivity contribution in [1.82, 2.24) is 8.01 Å². The van der Waals surface area contributed by atoms with Crippen molar-refractivity contribution in [2.24, 2.45) is 0 Å². The second kappa shape index (κ2) is 2.60. The normalized spacial score (nSPS) is 42.6. The Morgan fingerprint density at radius 2 is 1.70 bits per heavy atom. The SMILES string of the molecule is CN1CC2CCC(C1)N2I. The van der Waals surface area contributed by atoms with E-state index in [4.69, 9.17) is 0 Å². The van der Waals surface area contributed by atoms with Crippen LogP contribution in [0.1, 0.15) is 12.8 Å². The number of hydrogen-bond donors (Lipinski definition) is 0. The van der Waals surface area contributed by atoms with Gasteiger partial charge in [0.25, 0.3) is 0 Å². The van der Waals surface area contributed by atoms with Crippen molar-refractivity contribution in [3.8, 4) is 0 Å². The lowest BCUT2D eigenvalue weighted by atomic mass is 10.2. The third-order valence-electron chi connectivity index (χ3n) is 2.58. The lowest BCUT2D eigenvalue weighted by molar-refractivity contribution is 0.178. The maximum atomic E-state index is 2.53. The van der Waals surface area contributed by atoms with Gasteiger partial charge in [-0.05, 0) is 19.9 Å². The van der Waals surface area contributed by atoms with E-state index in [0.717, 1.165) is 12.1 Å². The van der Waals surface area contributed by atoms with E-state index >= 15 is 0 Å². The van der Waals surface area contributed by atoms with Crippen LogP contribution in [0.5, 0.6) is 0 Å². The number of likely N-dealkylation sites (tertiary alicyclic amines) is 1. The van der Waals surface area contributed by atoms with Crippen molar-refractivity contribution in [3.05, 3.63) is 0 Å². The van der Waals surface area contributed by atoms with Crippen molar-refractivity contribution >= 4 is 22.9 Å². The van der Waals surface area contributed by atoms with Gasteiger partial charge in [0.05, 0.1) is 0 Å². The predicted octanol–water partition coefficient (Wildman–Crippen LogP) is 1.11. The van der Waals surface area contributed by atoms with Gasteiger partial charge in [-0.1, -0.05) is 0 Å². The van der Waals surface area contributed by atoms with Gasteiger partial charge >= 0.3 is 0 Å². The van der Waals surface area contributed by atoms with E-state index in [0.29, 0.717) is 0 Å². The minimum absolute atomic E-state index is 0.851. The summed E-state index contributed by atoms with van der Waals surface area (Å²) >= 11 is 2.49. The number of rotatable bonds is 0. The fourth-order valence-electron chi connectivity index (χ4n) is 2.06. The van der Waals surface area contributed by atoms with Crippen molar-refractivity contribution in [3.63, 3.8) is 0 Å². The van der Waals surface area contributed by atoms with E-state index in [-0.39, 0.29) is 0 Å². The second-order valence-corrected chi connectivity index (χ2v) is 4.56. The topological polar surface area (TPSA) is 6.48 Å². The highest BCUT2D eigenvalue weighted by molar-refractivity contribution is 14.1. The molecule has 0 aromatic carbocycles. The zero-order valence-electron chi connectivity index (χ0n) is 6.26. The number of fused-ring (bicyclic) bond motifs is 2. The largest absolute Gasteiger partial charge is 0.303 e. The Balaban J connectivity index is 2.09. The molecule has 0 amide bonds. The van der Waals surface area contributed by atoms with Crippen LogP contribution in [0.25, 0.3) is 0 Å². The van der Waals surface area contributed by atoms with Crippen LogP contribution in [0.15, 0.2) is 0 Å². The zero-order valence-corrected chi connectivity index (χ0v) is 8.41. The van der Waals surface area contributed by atoms with Crippen LogP contribution in [0.3, 0.4) is 0 Å². The molecule has 0 aromatic heterocycles. The number of hydrogen-bond acceptors (Lipinski definition) is 2. The average Bonchev–Trinajstić information content (AvgIpc) is 2.20. The molecule has 0 aromatic rings. The van der Waals surface area contributed by atoms with E-state index in [2.05, 4.69) is 37.9 Å². The Morgan fingerprint density at radius 1 is 1.20 bits per heavy atom. The van der Waals surface area contributed by atoms with Crippen LogP contribution in [0, 0.1) is 0 Å². The molecule has 2 nitrogen and oxygen atoms in total. The monoisotopic (exact) mass is 252 g/mol. The second-order valence-electron chi connectivity index (χ2n) is 3.45. The summed E-state index contributed by atoms with van der Waals surface area (Å²) in [5.41, 5.74) is 0. The first-order valence-electron chi connectivity index (χ1n) is 3.90. The van der Waals surface area contributed by atoms with Crippen molar-refractivity contribution in [1.29, 1.82) is 0 Å². The van der Waals surface area contributed by atoms with Gasteiger partial charge in [0.15, 0.2) is 0 Å². The summed E-state index contributed by atoms with van der Waals surface area (Å²) in [6.07, 6.45) is 2.83. The number of nitrogens with zero attached hydrogens (tertiary/aromatic N) is 2. The minimum Gasteiger partial charge on any atom is -0.303 e. The molecule has 2 heterocycles. The molecule has 0 saturated carbocycles. The third kappa shape index (κ3) is 1.08. The minimum atomic E-state index is 0.851. The molecule has 0 N–H and O–H groups in total. The maximum Gasteiger partial charge on any atom is 0.0325 e. The molecule has 2 rings (SSSR count). The summed E-state index contributed by atoms with van der Waals surface area (Å²) in [5.74, 6) is 0. The van der Waals surface area contributed by atoms with Gasteiger partial charge in [-0.3, -0.25) is 0 Å². The van der Waals surface area contributed by atoms with E-state index in [9.17, 15) is 0 Å². The van der Waals surface area contributed by atoms with Gasteiger partial charge in [-0.15, -0.1) is 0 Å². The van der Waals surface area contributed by atoms with Gasteiger partial charge in [0.1, 0.15) is 0 Å².